The second kappa shape index (κ2) is 8.65. The van der Waals surface area contributed by atoms with E-state index in [1.807, 2.05) is 6.92 Å². The van der Waals surface area contributed by atoms with Crippen molar-refractivity contribution in [1.82, 2.24) is 9.80 Å². The van der Waals surface area contributed by atoms with E-state index in [1.54, 1.807) is 28.0 Å². The number of hydrogen-bond acceptors (Lipinski definition) is 2. The Kier molecular flexibility index (Phi) is 6.28. The number of halogens is 1. The van der Waals surface area contributed by atoms with Crippen molar-refractivity contribution in [1.29, 1.82) is 0 Å². The third-order valence-corrected chi connectivity index (χ3v) is 5.67. The predicted octanol–water partition coefficient (Wildman–Crippen LogP) is 4.06. The van der Waals surface area contributed by atoms with E-state index < -0.39 is 11.9 Å². The Morgan fingerprint density at radius 3 is 2.42 bits per heavy atom. The molecule has 2 aliphatic rings. The van der Waals surface area contributed by atoms with Gasteiger partial charge in [0, 0.05) is 18.2 Å². The van der Waals surface area contributed by atoms with Crippen molar-refractivity contribution >= 4 is 11.8 Å². The summed E-state index contributed by atoms with van der Waals surface area (Å²) in [6.45, 7) is 2.68. The molecular weight excluding hydrogens is 331 g/mol. The van der Waals surface area contributed by atoms with Crippen LogP contribution in [0.1, 0.15) is 69.9 Å². The van der Waals surface area contributed by atoms with E-state index >= 15 is 0 Å². The average Bonchev–Trinajstić information content (AvgIpc) is 2.92. The Balaban J connectivity index is 1.92. The summed E-state index contributed by atoms with van der Waals surface area (Å²) in [7, 11) is 0. The van der Waals surface area contributed by atoms with Crippen LogP contribution in [0.25, 0.3) is 0 Å². The summed E-state index contributed by atoms with van der Waals surface area (Å²) in [5.74, 6) is -0.587. The first kappa shape index (κ1) is 18.9. The van der Waals surface area contributed by atoms with Crippen LogP contribution in [-0.2, 0) is 9.59 Å². The minimum absolute atomic E-state index is 0.0597. The molecule has 1 saturated heterocycles. The highest BCUT2D eigenvalue weighted by atomic mass is 19.1. The smallest absolute Gasteiger partial charge is 0.250 e. The fourth-order valence-corrected chi connectivity index (χ4v) is 4.21. The maximum absolute atomic E-state index is 14.5. The first-order chi connectivity index (χ1) is 12.6. The molecule has 1 aromatic carbocycles. The van der Waals surface area contributed by atoms with Gasteiger partial charge in [-0.15, -0.1) is 0 Å². The van der Waals surface area contributed by atoms with Gasteiger partial charge in [-0.1, -0.05) is 57.2 Å². The van der Waals surface area contributed by atoms with Crippen LogP contribution in [0.3, 0.4) is 0 Å². The molecule has 2 fully saturated rings. The van der Waals surface area contributed by atoms with Gasteiger partial charge in [0.1, 0.15) is 18.4 Å². The van der Waals surface area contributed by atoms with Crippen LogP contribution in [0.2, 0.25) is 0 Å². The lowest BCUT2D eigenvalue weighted by Crippen LogP contribution is -2.58. The fraction of sp³-hybridized carbons (Fsp3) is 0.619. The number of piperazine rings is 1. The number of carbonyl (C=O) groups excluding carboxylic acids is 2. The van der Waals surface area contributed by atoms with Crippen molar-refractivity contribution < 1.29 is 14.0 Å². The molecule has 0 spiro atoms. The predicted molar refractivity (Wildman–Crippen MR) is 99.0 cm³/mol. The quantitative estimate of drug-likeness (QED) is 0.743. The molecule has 1 saturated carbocycles. The molecule has 1 aliphatic heterocycles. The lowest BCUT2D eigenvalue weighted by atomic mass is 9.97. The molecule has 1 atom stereocenters. The molecule has 4 nitrogen and oxygen atoms in total. The molecule has 26 heavy (non-hydrogen) atoms. The summed E-state index contributed by atoms with van der Waals surface area (Å²) in [5, 5.41) is 0. The molecule has 3 rings (SSSR count). The van der Waals surface area contributed by atoms with Gasteiger partial charge < -0.3 is 9.80 Å². The third-order valence-electron chi connectivity index (χ3n) is 5.67. The normalized spacial score (nSPS) is 22.6. The maximum Gasteiger partial charge on any atom is 0.250 e. The average molecular weight is 360 g/mol. The van der Waals surface area contributed by atoms with Gasteiger partial charge in [0.15, 0.2) is 0 Å². The zero-order valence-corrected chi connectivity index (χ0v) is 15.6. The summed E-state index contributed by atoms with van der Waals surface area (Å²) in [5.41, 5.74) is 0.320. The second-order valence-electron chi connectivity index (χ2n) is 7.48. The molecule has 5 heteroatoms. The van der Waals surface area contributed by atoms with E-state index in [9.17, 15) is 14.0 Å². The number of benzene rings is 1. The number of rotatable bonds is 5. The minimum atomic E-state index is -0.827. The lowest BCUT2D eigenvalue weighted by Gasteiger charge is -2.43. The van der Waals surface area contributed by atoms with Crippen molar-refractivity contribution in [3.05, 3.63) is 35.6 Å². The number of nitrogens with zero attached hydrogens (tertiary/aromatic N) is 2. The Morgan fingerprint density at radius 2 is 1.77 bits per heavy atom. The molecule has 1 aliphatic carbocycles. The molecule has 0 unspecified atom stereocenters. The van der Waals surface area contributed by atoms with Gasteiger partial charge >= 0.3 is 0 Å². The molecular formula is C21H29FN2O2. The number of amides is 2. The van der Waals surface area contributed by atoms with Crippen LogP contribution < -0.4 is 0 Å². The first-order valence-corrected chi connectivity index (χ1v) is 9.98. The molecule has 1 aromatic rings. The van der Waals surface area contributed by atoms with Crippen LogP contribution >= 0.6 is 0 Å². The lowest BCUT2D eigenvalue weighted by molar-refractivity contribution is -0.159. The fourth-order valence-electron chi connectivity index (χ4n) is 4.21. The van der Waals surface area contributed by atoms with Crippen molar-refractivity contribution in [3.8, 4) is 0 Å². The van der Waals surface area contributed by atoms with Gasteiger partial charge in [0.25, 0.3) is 5.91 Å². The number of carbonyl (C=O) groups is 2. The van der Waals surface area contributed by atoms with E-state index in [0.29, 0.717) is 12.1 Å². The van der Waals surface area contributed by atoms with Crippen LogP contribution in [-0.4, -0.2) is 40.7 Å². The highest BCUT2D eigenvalue weighted by molar-refractivity contribution is 5.95. The minimum Gasteiger partial charge on any atom is -0.328 e. The van der Waals surface area contributed by atoms with Crippen LogP contribution in [0.5, 0.6) is 0 Å². The molecule has 1 heterocycles. The van der Waals surface area contributed by atoms with Crippen molar-refractivity contribution in [3.63, 3.8) is 0 Å². The van der Waals surface area contributed by atoms with Crippen molar-refractivity contribution in [2.24, 2.45) is 0 Å². The number of unbranched alkanes of at least 4 members (excludes halogenated alkanes) is 1. The van der Waals surface area contributed by atoms with E-state index in [2.05, 4.69) is 0 Å². The summed E-state index contributed by atoms with van der Waals surface area (Å²) >= 11 is 0. The number of hydrogen-bond donors (Lipinski definition) is 0. The Hall–Kier alpha value is -1.91. The van der Waals surface area contributed by atoms with Gasteiger partial charge in [-0.05, 0) is 25.3 Å². The molecule has 142 valence electrons. The highest BCUT2D eigenvalue weighted by Crippen LogP contribution is 2.33. The molecule has 0 aromatic heterocycles. The Labute approximate surface area is 155 Å². The van der Waals surface area contributed by atoms with Crippen LogP contribution in [0.4, 0.5) is 4.39 Å². The van der Waals surface area contributed by atoms with Crippen LogP contribution in [0.15, 0.2) is 24.3 Å². The summed E-state index contributed by atoms with van der Waals surface area (Å²) in [6.07, 6.45) is 8.18. The SMILES string of the molecule is CCCCN1C(=O)CN(C2CCCCCC2)C(=O)[C@@H]1c1ccccc1F. The van der Waals surface area contributed by atoms with Crippen molar-refractivity contribution in [2.45, 2.75) is 70.4 Å². The van der Waals surface area contributed by atoms with Crippen LogP contribution in [0, 0.1) is 5.82 Å². The van der Waals surface area contributed by atoms with Gasteiger partial charge in [-0.3, -0.25) is 9.59 Å². The van der Waals surface area contributed by atoms with Gasteiger partial charge in [0.2, 0.25) is 5.91 Å². The van der Waals surface area contributed by atoms with E-state index in [1.165, 1.54) is 18.9 Å². The van der Waals surface area contributed by atoms with E-state index in [-0.39, 0.29) is 24.4 Å². The van der Waals surface area contributed by atoms with Gasteiger partial charge in [-0.2, -0.15) is 0 Å². The third kappa shape index (κ3) is 3.92. The first-order valence-electron chi connectivity index (χ1n) is 9.98. The standard InChI is InChI=1S/C21H29FN2O2/c1-2-3-14-23-19(25)15-24(16-10-6-4-5-7-11-16)21(26)20(23)17-12-8-9-13-18(17)22/h8-9,12-13,16,20H,2-7,10-11,14-15H2,1H3/t20-/m0/s1. The van der Waals surface area contributed by atoms with Gasteiger partial charge in [0.05, 0.1) is 0 Å². The Bertz CT molecular complexity index is 641. The van der Waals surface area contributed by atoms with Gasteiger partial charge in [-0.25, -0.2) is 4.39 Å². The zero-order chi connectivity index (χ0) is 18.5. The molecule has 2 amide bonds. The highest BCUT2D eigenvalue weighted by Gasteiger charge is 2.43. The monoisotopic (exact) mass is 360 g/mol. The van der Waals surface area contributed by atoms with E-state index in [4.69, 9.17) is 0 Å². The second-order valence-corrected chi connectivity index (χ2v) is 7.48. The van der Waals surface area contributed by atoms with E-state index in [0.717, 1.165) is 38.5 Å². The summed E-state index contributed by atoms with van der Waals surface area (Å²) in [6, 6.07) is 5.64. The topological polar surface area (TPSA) is 40.6 Å². The van der Waals surface area contributed by atoms with Crippen molar-refractivity contribution in [2.75, 3.05) is 13.1 Å². The molecule has 0 bridgehead atoms. The zero-order valence-electron chi connectivity index (χ0n) is 15.6. The molecule has 0 radical (unpaired) electrons. The Morgan fingerprint density at radius 1 is 1.08 bits per heavy atom. The maximum atomic E-state index is 14.5. The largest absolute Gasteiger partial charge is 0.328 e. The summed E-state index contributed by atoms with van der Waals surface area (Å²) < 4.78 is 14.5. The summed E-state index contributed by atoms with van der Waals surface area (Å²) in [4.78, 5) is 29.6. The molecule has 0 N–H and O–H groups in total.